The first-order valence-corrected chi connectivity index (χ1v) is 10.3. The monoisotopic (exact) mass is 475 g/mol. The van der Waals surface area contributed by atoms with Crippen LogP contribution in [0.5, 0.6) is 0 Å². The molecule has 1 amide bonds. The largest absolute Gasteiger partial charge is 0.416 e. The number of benzene rings is 2. The van der Waals surface area contributed by atoms with Crippen LogP contribution in [0.4, 0.5) is 27.1 Å². The number of aromatic nitrogens is 2. The highest BCUT2D eigenvalue weighted by Crippen LogP contribution is 2.40. The molecule has 0 atom stereocenters. The molecular weight excluding hydrogens is 461 g/mol. The first-order valence-electron chi connectivity index (χ1n) is 9.51. The number of hydrogen-bond acceptors (Lipinski definition) is 4. The number of aryl methyl sites for hydroxylation is 1. The summed E-state index contributed by atoms with van der Waals surface area (Å²) in [6, 6.07) is 12.7. The molecule has 0 saturated carbocycles. The van der Waals surface area contributed by atoms with Crippen LogP contribution < -0.4 is 5.32 Å². The van der Waals surface area contributed by atoms with Crippen molar-refractivity contribution in [1.29, 1.82) is 0 Å². The Balaban J connectivity index is 1.81. The third-order valence-corrected chi connectivity index (χ3v) is 5.64. The first-order chi connectivity index (χ1) is 15.6. The van der Waals surface area contributed by atoms with Gasteiger partial charge in [0.1, 0.15) is 22.9 Å². The number of anilines is 1. The Morgan fingerprint density at radius 1 is 0.939 bits per heavy atom. The second kappa shape index (κ2) is 8.70. The van der Waals surface area contributed by atoms with Crippen LogP contribution in [0.2, 0.25) is 0 Å². The molecule has 0 spiro atoms. The van der Waals surface area contributed by atoms with Gasteiger partial charge in [-0.05, 0) is 48.9 Å². The Hall–Kier alpha value is -3.66. The van der Waals surface area contributed by atoms with Gasteiger partial charge in [0.2, 0.25) is 0 Å². The van der Waals surface area contributed by atoms with E-state index in [9.17, 15) is 26.7 Å². The predicted molar refractivity (Wildman–Crippen MR) is 115 cm³/mol. The molecule has 33 heavy (non-hydrogen) atoms. The molecule has 10 heteroatoms. The number of carbonyl (C=O) groups is 1. The van der Waals surface area contributed by atoms with Crippen molar-refractivity contribution >= 4 is 22.4 Å². The highest BCUT2D eigenvalue weighted by Gasteiger charge is 2.31. The molecule has 2 aromatic carbocycles. The molecule has 4 rings (SSSR count). The summed E-state index contributed by atoms with van der Waals surface area (Å²) in [7, 11) is 0. The van der Waals surface area contributed by atoms with Gasteiger partial charge in [-0.25, -0.2) is 13.8 Å². The van der Waals surface area contributed by atoms with Crippen LogP contribution in [0.1, 0.15) is 21.6 Å². The van der Waals surface area contributed by atoms with Crippen LogP contribution in [0, 0.1) is 18.6 Å². The average molecular weight is 475 g/mol. The van der Waals surface area contributed by atoms with Crippen LogP contribution in [-0.4, -0.2) is 15.9 Å². The van der Waals surface area contributed by atoms with Crippen LogP contribution in [0.3, 0.4) is 0 Å². The number of alkyl halides is 3. The number of pyridine rings is 1. The van der Waals surface area contributed by atoms with Crippen LogP contribution >= 0.6 is 11.3 Å². The van der Waals surface area contributed by atoms with Crippen LogP contribution in [0.15, 0.2) is 60.7 Å². The van der Waals surface area contributed by atoms with E-state index in [2.05, 4.69) is 15.3 Å². The van der Waals surface area contributed by atoms with Crippen molar-refractivity contribution in [2.24, 2.45) is 0 Å². The lowest BCUT2D eigenvalue weighted by Crippen LogP contribution is -2.15. The molecule has 0 saturated heterocycles. The molecule has 0 fully saturated rings. The topological polar surface area (TPSA) is 54.9 Å². The van der Waals surface area contributed by atoms with Crippen LogP contribution in [0.25, 0.3) is 21.8 Å². The second-order valence-electron chi connectivity index (χ2n) is 6.99. The number of hydrogen-bond donors (Lipinski definition) is 1. The van der Waals surface area contributed by atoms with Gasteiger partial charge in [-0.1, -0.05) is 35.6 Å². The van der Waals surface area contributed by atoms with E-state index in [0.29, 0.717) is 16.3 Å². The number of carbonyl (C=O) groups excluding carboxylic acids is 1. The molecule has 0 bridgehead atoms. The fraction of sp³-hybridized carbons (Fsp3) is 0.0870. The number of rotatable bonds is 4. The molecular formula is C23H14F5N3OS. The van der Waals surface area contributed by atoms with Gasteiger partial charge >= 0.3 is 6.18 Å². The highest BCUT2D eigenvalue weighted by molar-refractivity contribution is 7.19. The summed E-state index contributed by atoms with van der Waals surface area (Å²) >= 11 is 0.872. The lowest BCUT2D eigenvalue weighted by Gasteiger charge is -2.08. The lowest BCUT2D eigenvalue weighted by molar-refractivity contribution is -0.137. The maximum absolute atomic E-state index is 14.0. The number of amides is 1. The Labute approximate surface area is 188 Å². The summed E-state index contributed by atoms with van der Waals surface area (Å²) in [5, 5.41) is 2.29. The zero-order valence-corrected chi connectivity index (χ0v) is 17.7. The maximum atomic E-state index is 14.0. The lowest BCUT2D eigenvalue weighted by atomic mass is 10.1. The fourth-order valence-electron chi connectivity index (χ4n) is 3.13. The molecule has 0 aliphatic carbocycles. The van der Waals surface area contributed by atoms with Gasteiger partial charge in [-0.2, -0.15) is 13.2 Å². The van der Waals surface area contributed by atoms with Crippen molar-refractivity contribution in [3.05, 3.63) is 89.1 Å². The number of halogens is 5. The molecule has 168 valence electrons. The van der Waals surface area contributed by atoms with Gasteiger partial charge in [0, 0.05) is 5.69 Å². The Morgan fingerprint density at radius 3 is 2.27 bits per heavy atom. The summed E-state index contributed by atoms with van der Waals surface area (Å²) < 4.78 is 67.7. The quantitative estimate of drug-likeness (QED) is 0.333. The second-order valence-corrected chi connectivity index (χ2v) is 7.99. The highest BCUT2D eigenvalue weighted by atomic mass is 32.1. The molecule has 4 nitrogen and oxygen atoms in total. The first kappa shape index (κ1) is 22.5. The Bertz CT molecular complexity index is 1330. The SMILES string of the molecule is Cc1cccc(-c2nc(NC(=O)c3c(F)cccc3F)sc2-c2cccc(C(F)(F)F)c2)n1. The molecule has 1 N–H and O–H groups in total. The standard InChI is InChI=1S/C23H14F5N3OS/c1-12-5-2-10-17(29-12)19-20(13-6-3-7-14(11-13)23(26,27)28)33-22(30-19)31-21(32)18-15(24)8-4-9-16(18)25/h2-11H,1H3,(H,30,31,32). The normalized spacial score (nSPS) is 11.5. The van der Waals surface area contributed by atoms with E-state index in [1.165, 1.54) is 12.1 Å². The average Bonchev–Trinajstić information content (AvgIpc) is 3.17. The van der Waals surface area contributed by atoms with E-state index in [1.807, 2.05) is 0 Å². The van der Waals surface area contributed by atoms with Gasteiger partial charge < -0.3 is 0 Å². The van der Waals surface area contributed by atoms with Crippen molar-refractivity contribution in [3.8, 4) is 21.8 Å². The zero-order valence-electron chi connectivity index (χ0n) is 16.9. The fourth-order valence-corrected chi connectivity index (χ4v) is 4.09. The van der Waals surface area contributed by atoms with Crippen molar-refractivity contribution in [2.45, 2.75) is 13.1 Å². The summed E-state index contributed by atoms with van der Waals surface area (Å²) in [5.41, 5.74) is -0.185. The number of nitrogens with one attached hydrogen (secondary N) is 1. The predicted octanol–water partition coefficient (Wildman–Crippen LogP) is 6.73. The van der Waals surface area contributed by atoms with E-state index in [-0.39, 0.29) is 16.4 Å². The smallest absolute Gasteiger partial charge is 0.298 e. The minimum atomic E-state index is -4.55. The van der Waals surface area contributed by atoms with Gasteiger partial charge in [0.15, 0.2) is 5.13 Å². The third-order valence-electron chi connectivity index (χ3n) is 4.62. The summed E-state index contributed by atoms with van der Waals surface area (Å²) in [6.45, 7) is 1.74. The molecule has 0 unspecified atom stereocenters. The van der Waals surface area contributed by atoms with Crippen LogP contribution in [-0.2, 0) is 6.18 Å². The molecule has 2 aromatic heterocycles. The minimum absolute atomic E-state index is 0.0478. The number of nitrogens with zero attached hydrogens (tertiary/aromatic N) is 2. The molecule has 0 aliphatic heterocycles. The Morgan fingerprint density at radius 2 is 1.61 bits per heavy atom. The Kier molecular flexibility index (Phi) is 5.94. The third kappa shape index (κ3) is 4.75. The van der Waals surface area contributed by atoms with E-state index >= 15 is 0 Å². The van der Waals surface area contributed by atoms with Crippen molar-refractivity contribution < 1.29 is 26.7 Å². The maximum Gasteiger partial charge on any atom is 0.416 e. The van der Waals surface area contributed by atoms with E-state index in [4.69, 9.17) is 0 Å². The van der Waals surface area contributed by atoms with Crippen molar-refractivity contribution in [1.82, 2.24) is 9.97 Å². The molecule has 2 heterocycles. The number of thiazole rings is 1. The van der Waals surface area contributed by atoms with Crippen molar-refractivity contribution in [3.63, 3.8) is 0 Å². The summed E-state index contributed by atoms with van der Waals surface area (Å²) in [5.74, 6) is -3.18. The van der Waals surface area contributed by atoms with Gasteiger partial charge in [0.25, 0.3) is 5.91 Å². The molecule has 0 radical (unpaired) electrons. The van der Waals surface area contributed by atoms with E-state index < -0.39 is 34.8 Å². The van der Waals surface area contributed by atoms with Gasteiger partial charge in [-0.15, -0.1) is 0 Å². The molecule has 4 aromatic rings. The molecule has 0 aliphatic rings. The summed E-state index contributed by atoms with van der Waals surface area (Å²) in [6.07, 6.45) is -4.55. The van der Waals surface area contributed by atoms with E-state index in [0.717, 1.165) is 41.7 Å². The minimum Gasteiger partial charge on any atom is -0.298 e. The van der Waals surface area contributed by atoms with Gasteiger partial charge in [-0.3, -0.25) is 15.1 Å². The zero-order chi connectivity index (χ0) is 23.8. The summed E-state index contributed by atoms with van der Waals surface area (Å²) in [4.78, 5) is 21.5. The van der Waals surface area contributed by atoms with Gasteiger partial charge in [0.05, 0.1) is 16.1 Å². The van der Waals surface area contributed by atoms with Crippen molar-refractivity contribution in [2.75, 3.05) is 5.32 Å². The van der Waals surface area contributed by atoms with E-state index in [1.54, 1.807) is 25.1 Å².